The van der Waals surface area contributed by atoms with Crippen LogP contribution in [0, 0.1) is 0 Å². The number of nitrogens with zero attached hydrogens (tertiary/aromatic N) is 1. The third-order valence-corrected chi connectivity index (χ3v) is 2.89. The van der Waals surface area contributed by atoms with Crippen molar-refractivity contribution in [2.45, 2.75) is 13.0 Å². The summed E-state index contributed by atoms with van der Waals surface area (Å²) in [6.07, 6.45) is 0. The number of amides is 1. The standard InChI is InChI=1S/C14H17N3O/c1-10(15-2)9-16-14(18)13-8-7-11-5-3-4-6-12(11)17-13/h3-8,10,15H,9H2,1-2H3,(H,16,18). The van der Waals surface area contributed by atoms with E-state index in [-0.39, 0.29) is 11.9 Å². The summed E-state index contributed by atoms with van der Waals surface area (Å²) in [4.78, 5) is 16.3. The molecule has 2 rings (SSSR count). The summed E-state index contributed by atoms with van der Waals surface area (Å²) in [5, 5.41) is 6.96. The fraction of sp³-hybridized carbons (Fsp3) is 0.286. The van der Waals surface area contributed by atoms with Gasteiger partial charge in [-0.15, -0.1) is 0 Å². The highest BCUT2D eigenvalue weighted by Crippen LogP contribution is 2.11. The lowest BCUT2D eigenvalue weighted by atomic mass is 10.2. The molecule has 2 aromatic rings. The first-order valence-corrected chi connectivity index (χ1v) is 6.02. The normalized spacial score (nSPS) is 12.3. The van der Waals surface area contributed by atoms with Crippen molar-refractivity contribution in [1.29, 1.82) is 0 Å². The fourth-order valence-corrected chi connectivity index (χ4v) is 1.63. The first kappa shape index (κ1) is 12.5. The van der Waals surface area contributed by atoms with Crippen LogP contribution in [0.2, 0.25) is 0 Å². The average Bonchev–Trinajstić information content (AvgIpc) is 2.43. The lowest BCUT2D eigenvalue weighted by Crippen LogP contribution is -2.37. The molecule has 1 aromatic carbocycles. The quantitative estimate of drug-likeness (QED) is 0.857. The van der Waals surface area contributed by atoms with E-state index >= 15 is 0 Å². The first-order valence-electron chi connectivity index (χ1n) is 6.02. The van der Waals surface area contributed by atoms with Crippen molar-refractivity contribution in [1.82, 2.24) is 15.6 Å². The number of aromatic nitrogens is 1. The van der Waals surface area contributed by atoms with Gasteiger partial charge in [0.15, 0.2) is 0 Å². The van der Waals surface area contributed by atoms with E-state index < -0.39 is 0 Å². The highest BCUT2D eigenvalue weighted by Gasteiger charge is 2.08. The molecule has 0 bridgehead atoms. The largest absolute Gasteiger partial charge is 0.349 e. The maximum atomic E-state index is 11.9. The van der Waals surface area contributed by atoms with Crippen molar-refractivity contribution in [3.8, 4) is 0 Å². The van der Waals surface area contributed by atoms with Crippen LogP contribution in [-0.4, -0.2) is 30.5 Å². The van der Waals surface area contributed by atoms with Crippen LogP contribution in [-0.2, 0) is 0 Å². The third-order valence-electron chi connectivity index (χ3n) is 2.89. The maximum Gasteiger partial charge on any atom is 0.269 e. The molecular weight excluding hydrogens is 226 g/mol. The number of rotatable bonds is 4. The number of carbonyl (C=O) groups is 1. The molecule has 1 aromatic heterocycles. The van der Waals surface area contributed by atoms with Crippen LogP contribution in [0.15, 0.2) is 36.4 Å². The minimum atomic E-state index is -0.136. The molecule has 18 heavy (non-hydrogen) atoms. The Kier molecular flexibility index (Phi) is 3.89. The average molecular weight is 243 g/mol. The van der Waals surface area contributed by atoms with Gasteiger partial charge in [-0.25, -0.2) is 4.98 Å². The van der Waals surface area contributed by atoms with E-state index in [1.54, 1.807) is 6.07 Å². The van der Waals surface area contributed by atoms with Crippen molar-refractivity contribution in [3.05, 3.63) is 42.1 Å². The van der Waals surface area contributed by atoms with Crippen molar-refractivity contribution < 1.29 is 4.79 Å². The van der Waals surface area contributed by atoms with Crippen LogP contribution in [0.25, 0.3) is 10.9 Å². The minimum absolute atomic E-state index is 0.136. The highest BCUT2D eigenvalue weighted by atomic mass is 16.1. The van der Waals surface area contributed by atoms with E-state index in [0.29, 0.717) is 12.2 Å². The molecule has 1 atom stereocenters. The minimum Gasteiger partial charge on any atom is -0.349 e. The molecule has 0 radical (unpaired) electrons. The maximum absolute atomic E-state index is 11.9. The Morgan fingerprint density at radius 1 is 1.28 bits per heavy atom. The van der Waals surface area contributed by atoms with E-state index in [0.717, 1.165) is 10.9 Å². The summed E-state index contributed by atoms with van der Waals surface area (Å²) in [7, 11) is 1.87. The summed E-state index contributed by atoms with van der Waals surface area (Å²) >= 11 is 0. The van der Waals surface area contributed by atoms with Crippen LogP contribution in [0.4, 0.5) is 0 Å². The Morgan fingerprint density at radius 3 is 2.83 bits per heavy atom. The second kappa shape index (κ2) is 5.60. The van der Waals surface area contributed by atoms with Crippen molar-refractivity contribution >= 4 is 16.8 Å². The van der Waals surface area contributed by atoms with Crippen molar-refractivity contribution in [2.75, 3.05) is 13.6 Å². The van der Waals surface area contributed by atoms with E-state index in [1.807, 2.05) is 44.3 Å². The molecule has 0 spiro atoms. The number of para-hydroxylation sites is 1. The number of benzene rings is 1. The third kappa shape index (κ3) is 2.84. The van der Waals surface area contributed by atoms with Gasteiger partial charge in [0.2, 0.25) is 0 Å². The van der Waals surface area contributed by atoms with E-state index in [9.17, 15) is 4.79 Å². The summed E-state index contributed by atoms with van der Waals surface area (Å²) in [6.45, 7) is 2.60. The summed E-state index contributed by atoms with van der Waals surface area (Å²) in [6, 6.07) is 11.7. The zero-order valence-electron chi connectivity index (χ0n) is 10.6. The van der Waals surface area contributed by atoms with E-state index in [1.165, 1.54) is 0 Å². The van der Waals surface area contributed by atoms with Crippen LogP contribution < -0.4 is 10.6 Å². The fourth-order valence-electron chi connectivity index (χ4n) is 1.63. The number of hydrogen-bond donors (Lipinski definition) is 2. The Morgan fingerprint density at radius 2 is 2.06 bits per heavy atom. The first-order chi connectivity index (χ1) is 8.70. The molecule has 0 fully saturated rings. The number of fused-ring (bicyclic) bond motifs is 1. The monoisotopic (exact) mass is 243 g/mol. The van der Waals surface area contributed by atoms with Crippen LogP contribution in [0.5, 0.6) is 0 Å². The van der Waals surface area contributed by atoms with Crippen LogP contribution in [0.1, 0.15) is 17.4 Å². The summed E-state index contributed by atoms with van der Waals surface area (Å²) in [5.74, 6) is -0.136. The number of pyridine rings is 1. The van der Waals surface area contributed by atoms with E-state index in [4.69, 9.17) is 0 Å². The molecule has 4 heteroatoms. The molecule has 2 N–H and O–H groups in total. The molecule has 0 saturated carbocycles. The number of likely N-dealkylation sites (N-methyl/N-ethyl adjacent to an activating group) is 1. The molecule has 0 aliphatic heterocycles. The second-order valence-electron chi connectivity index (χ2n) is 4.29. The molecular formula is C14H17N3O. The van der Waals surface area contributed by atoms with Gasteiger partial charge in [0.1, 0.15) is 5.69 Å². The zero-order valence-corrected chi connectivity index (χ0v) is 10.6. The van der Waals surface area contributed by atoms with Gasteiger partial charge in [-0.05, 0) is 26.1 Å². The Balaban J connectivity index is 2.13. The zero-order chi connectivity index (χ0) is 13.0. The van der Waals surface area contributed by atoms with Crippen molar-refractivity contribution in [2.24, 2.45) is 0 Å². The van der Waals surface area contributed by atoms with Gasteiger partial charge in [0.25, 0.3) is 5.91 Å². The Labute approximate surface area is 106 Å². The molecule has 0 aliphatic carbocycles. The van der Waals surface area contributed by atoms with Crippen molar-refractivity contribution in [3.63, 3.8) is 0 Å². The predicted molar refractivity (Wildman–Crippen MR) is 72.6 cm³/mol. The number of hydrogen-bond acceptors (Lipinski definition) is 3. The number of nitrogens with one attached hydrogen (secondary N) is 2. The summed E-state index contributed by atoms with van der Waals surface area (Å²) in [5.41, 5.74) is 1.30. The van der Waals surface area contributed by atoms with Gasteiger partial charge in [-0.2, -0.15) is 0 Å². The molecule has 1 heterocycles. The van der Waals surface area contributed by atoms with Gasteiger partial charge >= 0.3 is 0 Å². The van der Waals surface area contributed by atoms with Gasteiger partial charge in [0, 0.05) is 18.0 Å². The molecule has 0 aliphatic rings. The topological polar surface area (TPSA) is 54.0 Å². The van der Waals surface area contributed by atoms with Gasteiger partial charge in [-0.3, -0.25) is 4.79 Å². The predicted octanol–water partition coefficient (Wildman–Crippen LogP) is 1.57. The van der Waals surface area contributed by atoms with Gasteiger partial charge in [0.05, 0.1) is 5.52 Å². The van der Waals surface area contributed by atoms with Gasteiger partial charge < -0.3 is 10.6 Å². The Bertz CT molecular complexity index is 553. The van der Waals surface area contributed by atoms with Gasteiger partial charge in [-0.1, -0.05) is 24.3 Å². The molecule has 1 unspecified atom stereocenters. The molecule has 94 valence electrons. The van der Waals surface area contributed by atoms with Crippen LogP contribution in [0.3, 0.4) is 0 Å². The SMILES string of the molecule is CNC(C)CNC(=O)c1ccc2ccccc2n1. The smallest absolute Gasteiger partial charge is 0.269 e. The highest BCUT2D eigenvalue weighted by molar-refractivity contribution is 5.94. The lowest BCUT2D eigenvalue weighted by molar-refractivity contribution is 0.0946. The molecule has 4 nitrogen and oxygen atoms in total. The number of carbonyl (C=O) groups excluding carboxylic acids is 1. The molecule has 1 amide bonds. The second-order valence-corrected chi connectivity index (χ2v) is 4.29. The molecule has 0 saturated heterocycles. The summed E-state index contributed by atoms with van der Waals surface area (Å²) < 4.78 is 0. The van der Waals surface area contributed by atoms with E-state index in [2.05, 4.69) is 15.6 Å². The van der Waals surface area contributed by atoms with Crippen LogP contribution >= 0.6 is 0 Å². The lowest BCUT2D eigenvalue weighted by Gasteiger charge is -2.11. The Hall–Kier alpha value is -1.94.